The molecule has 0 aliphatic rings. The summed E-state index contributed by atoms with van der Waals surface area (Å²) < 4.78 is 12.3. The predicted molar refractivity (Wildman–Crippen MR) is 67.1 cm³/mol. The van der Waals surface area contributed by atoms with Crippen LogP contribution in [0.15, 0.2) is 24.5 Å². The second kappa shape index (κ2) is 4.91. The summed E-state index contributed by atoms with van der Waals surface area (Å²) in [6, 6.07) is 3.40. The molecule has 0 aliphatic carbocycles. The van der Waals surface area contributed by atoms with Gasteiger partial charge < -0.3 is 9.47 Å². The van der Waals surface area contributed by atoms with Crippen molar-refractivity contribution in [2.75, 3.05) is 14.2 Å². The highest BCUT2D eigenvalue weighted by molar-refractivity contribution is 5.83. The summed E-state index contributed by atoms with van der Waals surface area (Å²) in [5.74, 6) is 1.12. The van der Waals surface area contributed by atoms with Crippen LogP contribution in [0, 0.1) is 0 Å². The summed E-state index contributed by atoms with van der Waals surface area (Å²) in [6.45, 7) is 0. The Morgan fingerprint density at radius 2 is 2.06 bits per heavy atom. The van der Waals surface area contributed by atoms with Gasteiger partial charge in [0.15, 0.2) is 11.5 Å². The molecule has 0 amide bonds. The summed E-state index contributed by atoms with van der Waals surface area (Å²) in [5, 5.41) is 4.11. The average Bonchev–Trinajstić information content (AvgIpc) is 2.83. The molecule has 0 saturated heterocycles. The SMILES string of the molecule is COc1cc(C=O)cc(-c2cnn(C)c2)c1OC. The zero-order valence-electron chi connectivity index (χ0n) is 10.5. The molecule has 0 bridgehead atoms. The number of aromatic nitrogens is 2. The highest BCUT2D eigenvalue weighted by Gasteiger charge is 2.15. The molecule has 2 rings (SSSR count). The smallest absolute Gasteiger partial charge is 0.168 e. The van der Waals surface area contributed by atoms with Crippen LogP contribution < -0.4 is 9.47 Å². The van der Waals surface area contributed by atoms with Crippen LogP contribution in [0.1, 0.15) is 10.4 Å². The minimum absolute atomic E-state index is 0.529. The first-order valence-corrected chi connectivity index (χ1v) is 5.39. The van der Waals surface area contributed by atoms with E-state index in [1.54, 1.807) is 37.2 Å². The van der Waals surface area contributed by atoms with Gasteiger partial charge in [-0.2, -0.15) is 5.10 Å². The third-order valence-electron chi connectivity index (χ3n) is 2.65. The van der Waals surface area contributed by atoms with Gasteiger partial charge in [0, 0.05) is 29.9 Å². The van der Waals surface area contributed by atoms with Gasteiger partial charge in [0.1, 0.15) is 6.29 Å². The molecule has 1 aromatic carbocycles. The second-order valence-electron chi connectivity index (χ2n) is 3.82. The number of aldehydes is 1. The summed E-state index contributed by atoms with van der Waals surface area (Å²) in [6.07, 6.45) is 4.35. The molecule has 5 heteroatoms. The highest BCUT2D eigenvalue weighted by atomic mass is 16.5. The number of aryl methyl sites for hydroxylation is 1. The van der Waals surface area contributed by atoms with Crippen molar-refractivity contribution in [3.05, 3.63) is 30.1 Å². The first kappa shape index (κ1) is 12.2. The highest BCUT2D eigenvalue weighted by Crippen LogP contribution is 2.38. The van der Waals surface area contributed by atoms with Gasteiger partial charge in [0.25, 0.3) is 0 Å². The van der Waals surface area contributed by atoms with E-state index in [2.05, 4.69) is 5.10 Å². The topological polar surface area (TPSA) is 53.3 Å². The van der Waals surface area contributed by atoms with Gasteiger partial charge in [0.05, 0.1) is 20.4 Å². The number of rotatable bonds is 4. The zero-order chi connectivity index (χ0) is 13.1. The van der Waals surface area contributed by atoms with Gasteiger partial charge in [-0.15, -0.1) is 0 Å². The third kappa shape index (κ3) is 2.07. The lowest BCUT2D eigenvalue weighted by Gasteiger charge is -2.12. The van der Waals surface area contributed by atoms with E-state index in [4.69, 9.17) is 9.47 Å². The normalized spacial score (nSPS) is 10.2. The van der Waals surface area contributed by atoms with Crippen molar-refractivity contribution in [2.45, 2.75) is 0 Å². The fourth-order valence-electron chi connectivity index (χ4n) is 1.83. The number of carbonyl (C=O) groups excluding carboxylic acids is 1. The Hall–Kier alpha value is -2.30. The van der Waals surface area contributed by atoms with Gasteiger partial charge in [-0.1, -0.05) is 0 Å². The predicted octanol–water partition coefficient (Wildman–Crippen LogP) is 1.92. The summed E-state index contributed by atoms with van der Waals surface area (Å²) in [5.41, 5.74) is 2.19. The molecule has 2 aromatic rings. The van der Waals surface area contributed by atoms with Crippen molar-refractivity contribution < 1.29 is 14.3 Å². The van der Waals surface area contributed by atoms with Crippen LogP contribution in [0.4, 0.5) is 0 Å². The Balaban J connectivity index is 2.66. The number of methoxy groups -OCH3 is 2. The van der Waals surface area contributed by atoms with E-state index in [-0.39, 0.29) is 0 Å². The lowest BCUT2D eigenvalue weighted by atomic mass is 10.0. The number of ether oxygens (including phenoxy) is 2. The lowest BCUT2D eigenvalue weighted by molar-refractivity contribution is 0.112. The Kier molecular flexibility index (Phi) is 3.32. The third-order valence-corrected chi connectivity index (χ3v) is 2.65. The summed E-state index contributed by atoms with van der Waals surface area (Å²) >= 11 is 0. The molecule has 0 spiro atoms. The quantitative estimate of drug-likeness (QED) is 0.773. The zero-order valence-corrected chi connectivity index (χ0v) is 10.5. The number of benzene rings is 1. The van der Waals surface area contributed by atoms with E-state index >= 15 is 0 Å². The van der Waals surface area contributed by atoms with Crippen LogP contribution >= 0.6 is 0 Å². The first-order valence-electron chi connectivity index (χ1n) is 5.39. The minimum Gasteiger partial charge on any atom is -0.493 e. The Morgan fingerprint density at radius 1 is 1.28 bits per heavy atom. The number of hydrogen-bond acceptors (Lipinski definition) is 4. The number of carbonyl (C=O) groups is 1. The summed E-state index contributed by atoms with van der Waals surface area (Å²) in [4.78, 5) is 10.9. The van der Waals surface area contributed by atoms with Crippen LogP contribution in [-0.4, -0.2) is 30.3 Å². The van der Waals surface area contributed by atoms with Gasteiger partial charge in [-0.05, 0) is 12.1 Å². The van der Waals surface area contributed by atoms with Gasteiger partial charge in [-0.3, -0.25) is 9.48 Å². The van der Waals surface area contributed by atoms with Gasteiger partial charge in [-0.25, -0.2) is 0 Å². The fourth-order valence-corrected chi connectivity index (χ4v) is 1.83. The Morgan fingerprint density at radius 3 is 2.56 bits per heavy atom. The van der Waals surface area contributed by atoms with E-state index in [0.29, 0.717) is 17.1 Å². The number of hydrogen-bond donors (Lipinski definition) is 0. The molecule has 94 valence electrons. The molecule has 1 aromatic heterocycles. The van der Waals surface area contributed by atoms with E-state index in [9.17, 15) is 4.79 Å². The molecule has 0 fully saturated rings. The molecule has 0 saturated carbocycles. The molecule has 5 nitrogen and oxygen atoms in total. The van der Waals surface area contributed by atoms with Crippen molar-refractivity contribution in [3.63, 3.8) is 0 Å². The Labute approximate surface area is 105 Å². The van der Waals surface area contributed by atoms with Crippen LogP contribution in [0.25, 0.3) is 11.1 Å². The van der Waals surface area contributed by atoms with Gasteiger partial charge >= 0.3 is 0 Å². The molecular weight excluding hydrogens is 232 g/mol. The van der Waals surface area contributed by atoms with Crippen LogP contribution in [0.2, 0.25) is 0 Å². The molecule has 0 radical (unpaired) electrons. The largest absolute Gasteiger partial charge is 0.493 e. The lowest BCUT2D eigenvalue weighted by Crippen LogP contribution is -1.95. The minimum atomic E-state index is 0.529. The van der Waals surface area contributed by atoms with Crippen LogP contribution in [0.5, 0.6) is 11.5 Å². The molecule has 18 heavy (non-hydrogen) atoms. The van der Waals surface area contributed by atoms with Crippen LogP contribution in [-0.2, 0) is 7.05 Å². The molecule has 0 aliphatic heterocycles. The van der Waals surface area contributed by atoms with Crippen molar-refractivity contribution in [3.8, 4) is 22.6 Å². The van der Waals surface area contributed by atoms with Crippen molar-refractivity contribution >= 4 is 6.29 Å². The second-order valence-corrected chi connectivity index (χ2v) is 3.82. The average molecular weight is 246 g/mol. The van der Waals surface area contributed by atoms with Crippen molar-refractivity contribution in [2.24, 2.45) is 7.05 Å². The summed E-state index contributed by atoms with van der Waals surface area (Å²) in [7, 11) is 4.94. The molecular formula is C13H14N2O3. The maximum Gasteiger partial charge on any atom is 0.168 e. The number of nitrogens with zero attached hydrogens (tertiary/aromatic N) is 2. The van der Waals surface area contributed by atoms with E-state index < -0.39 is 0 Å². The molecule has 1 heterocycles. The Bertz CT molecular complexity index is 576. The maximum absolute atomic E-state index is 10.9. The van der Waals surface area contributed by atoms with Gasteiger partial charge in [0.2, 0.25) is 0 Å². The fraction of sp³-hybridized carbons (Fsp3) is 0.231. The molecule has 0 atom stereocenters. The molecule has 0 unspecified atom stereocenters. The molecule has 0 N–H and O–H groups in total. The van der Waals surface area contributed by atoms with Crippen LogP contribution in [0.3, 0.4) is 0 Å². The van der Waals surface area contributed by atoms with Crippen molar-refractivity contribution in [1.82, 2.24) is 9.78 Å². The monoisotopic (exact) mass is 246 g/mol. The standard InChI is InChI=1S/C13H14N2O3/c1-15-7-10(6-14-15)11-4-9(8-16)5-12(17-2)13(11)18-3/h4-8H,1-3H3. The van der Waals surface area contributed by atoms with E-state index in [1.807, 2.05) is 13.2 Å². The maximum atomic E-state index is 10.9. The first-order chi connectivity index (χ1) is 8.69. The van der Waals surface area contributed by atoms with E-state index in [1.165, 1.54) is 0 Å². The van der Waals surface area contributed by atoms with Crippen molar-refractivity contribution in [1.29, 1.82) is 0 Å². The van der Waals surface area contributed by atoms with E-state index in [0.717, 1.165) is 17.4 Å².